The Bertz CT molecular complexity index is 178. The van der Waals surface area contributed by atoms with Crippen molar-refractivity contribution in [1.82, 2.24) is 0 Å². The maximum absolute atomic E-state index is 2.50. The van der Waals surface area contributed by atoms with Gasteiger partial charge in [-0.3, -0.25) is 0 Å². The summed E-state index contributed by atoms with van der Waals surface area (Å²) in [5.74, 6) is 3.98. The highest BCUT2D eigenvalue weighted by molar-refractivity contribution is 5.02. The highest BCUT2D eigenvalue weighted by Gasteiger charge is 2.52. The fraction of sp³-hybridized carbons (Fsp3) is 1.00. The van der Waals surface area contributed by atoms with Crippen molar-refractivity contribution in [2.24, 2.45) is 29.1 Å². The molecule has 0 radical (unpaired) electrons. The normalized spacial score (nSPS) is 51.0. The molecule has 2 fully saturated rings. The van der Waals surface area contributed by atoms with Gasteiger partial charge in [0.15, 0.2) is 0 Å². The SMILES string of the molecule is CC1CC(C)C(C2(C)CC2)C1C. The summed E-state index contributed by atoms with van der Waals surface area (Å²) in [6.45, 7) is 9.88. The van der Waals surface area contributed by atoms with E-state index >= 15 is 0 Å². The number of hydrogen-bond donors (Lipinski definition) is 0. The summed E-state index contributed by atoms with van der Waals surface area (Å²) in [7, 11) is 0. The van der Waals surface area contributed by atoms with Crippen LogP contribution in [0.5, 0.6) is 0 Å². The zero-order chi connectivity index (χ0) is 8.93. The zero-order valence-corrected chi connectivity index (χ0v) is 8.93. The molecule has 0 aliphatic heterocycles. The summed E-state index contributed by atoms with van der Waals surface area (Å²) in [4.78, 5) is 0. The minimum absolute atomic E-state index is 0.754. The summed E-state index contributed by atoms with van der Waals surface area (Å²) >= 11 is 0. The monoisotopic (exact) mass is 166 g/mol. The molecular formula is C12H22. The van der Waals surface area contributed by atoms with Gasteiger partial charge in [0.2, 0.25) is 0 Å². The van der Waals surface area contributed by atoms with E-state index in [0.717, 1.165) is 29.1 Å². The number of rotatable bonds is 1. The first-order valence-corrected chi connectivity index (χ1v) is 5.54. The molecule has 70 valence electrons. The molecule has 12 heavy (non-hydrogen) atoms. The molecule has 0 nitrogen and oxygen atoms in total. The quantitative estimate of drug-likeness (QED) is 0.557. The maximum Gasteiger partial charge on any atom is -0.0292 e. The van der Waals surface area contributed by atoms with Crippen LogP contribution in [0.4, 0.5) is 0 Å². The molecule has 0 spiro atoms. The first-order chi connectivity index (χ1) is 5.54. The second-order valence-corrected chi connectivity index (χ2v) is 5.73. The third kappa shape index (κ3) is 1.11. The van der Waals surface area contributed by atoms with Crippen molar-refractivity contribution in [1.29, 1.82) is 0 Å². The van der Waals surface area contributed by atoms with Gasteiger partial charge in [0.25, 0.3) is 0 Å². The smallest absolute Gasteiger partial charge is 0.0292 e. The Kier molecular flexibility index (Phi) is 1.79. The van der Waals surface area contributed by atoms with E-state index in [0.29, 0.717) is 0 Å². The van der Waals surface area contributed by atoms with Crippen molar-refractivity contribution >= 4 is 0 Å². The molecule has 0 saturated heterocycles. The van der Waals surface area contributed by atoms with Crippen LogP contribution in [0.1, 0.15) is 47.0 Å². The second-order valence-electron chi connectivity index (χ2n) is 5.73. The summed E-state index contributed by atoms with van der Waals surface area (Å²) in [6, 6.07) is 0. The Labute approximate surface area is 76.7 Å². The van der Waals surface area contributed by atoms with Gasteiger partial charge in [-0.15, -0.1) is 0 Å². The summed E-state index contributed by atoms with van der Waals surface area (Å²) in [5, 5.41) is 0. The maximum atomic E-state index is 2.50. The van der Waals surface area contributed by atoms with E-state index in [4.69, 9.17) is 0 Å². The van der Waals surface area contributed by atoms with Crippen molar-refractivity contribution < 1.29 is 0 Å². The molecule has 2 aliphatic carbocycles. The first kappa shape index (κ1) is 8.59. The molecule has 0 bridgehead atoms. The fourth-order valence-electron chi connectivity index (χ4n) is 3.67. The van der Waals surface area contributed by atoms with Crippen LogP contribution in [-0.4, -0.2) is 0 Å². The Morgan fingerprint density at radius 1 is 1.00 bits per heavy atom. The van der Waals surface area contributed by atoms with E-state index in [-0.39, 0.29) is 0 Å². The van der Waals surface area contributed by atoms with E-state index in [9.17, 15) is 0 Å². The van der Waals surface area contributed by atoms with Crippen molar-refractivity contribution in [2.75, 3.05) is 0 Å². The predicted octanol–water partition coefficient (Wildman–Crippen LogP) is 3.71. The third-order valence-electron chi connectivity index (χ3n) is 4.66. The summed E-state index contributed by atoms with van der Waals surface area (Å²) in [5.41, 5.74) is 0.754. The zero-order valence-electron chi connectivity index (χ0n) is 8.93. The van der Waals surface area contributed by atoms with Crippen LogP contribution >= 0.6 is 0 Å². The fourth-order valence-corrected chi connectivity index (χ4v) is 3.67. The summed E-state index contributed by atoms with van der Waals surface area (Å²) in [6.07, 6.45) is 4.47. The van der Waals surface area contributed by atoms with Gasteiger partial charge in [-0.05, 0) is 48.3 Å². The predicted molar refractivity (Wildman–Crippen MR) is 52.9 cm³/mol. The molecule has 0 N–H and O–H groups in total. The van der Waals surface area contributed by atoms with Crippen LogP contribution in [-0.2, 0) is 0 Å². The Balaban J connectivity index is 2.13. The van der Waals surface area contributed by atoms with Gasteiger partial charge in [-0.25, -0.2) is 0 Å². The van der Waals surface area contributed by atoms with Crippen LogP contribution in [0.25, 0.3) is 0 Å². The molecule has 0 heteroatoms. The lowest BCUT2D eigenvalue weighted by molar-refractivity contribution is 0.208. The van der Waals surface area contributed by atoms with Gasteiger partial charge < -0.3 is 0 Å². The van der Waals surface area contributed by atoms with Gasteiger partial charge in [-0.1, -0.05) is 27.7 Å². The van der Waals surface area contributed by atoms with Crippen molar-refractivity contribution in [2.45, 2.75) is 47.0 Å². The highest BCUT2D eigenvalue weighted by Crippen LogP contribution is 2.61. The van der Waals surface area contributed by atoms with Gasteiger partial charge in [0.05, 0.1) is 0 Å². The molecule has 2 rings (SSSR count). The van der Waals surface area contributed by atoms with Crippen LogP contribution in [0.15, 0.2) is 0 Å². The lowest BCUT2D eigenvalue weighted by Gasteiger charge is -2.27. The molecule has 0 heterocycles. The molecule has 0 aromatic heterocycles. The van der Waals surface area contributed by atoms with E-state index in [1.807, 2.05) is 0 Å². The number of hydrogen-bond acceptors (Lipinski definition) is 0. The average molecular weight is 166 g/mol. The van der Waals surface area contributed by atoms with E-state index in [1.165, 1.54) is 19.3 Å². The third-order valence-corrected chi connectivity index (χ3v) is 4.66. The minimum Gasteiger partial charge on any atom is -0.0622 e. The minimum atomic E-state index is 0.754. The van der Waals surface area contributed by atoms with Crippen molar-refractivity contribution in [3.05, 3.63) is 0 Å². The van der Waals surface area contributed by atoms with Crippen LogP contribution in [0.3, 0.4) is 0 Å². The van der Waals surface area contributed by atoms with Crippen LogP contribution < -0.4 is 0 Å². The Morgan fingerprint density at radius 2 is 1.58 bits per heavy atom. The molecule has 4 atom stereocenters. The molecule has 2 saturated carbocycles. The summed E-state index contributed by atoms with van der Waals surface area (Å²) < 4.78 is 0. The first-order valence-electron chi connectivity index (χ1n) is 5.54. The van der Waals surface area contributed by atoms with Crippen molar-refractivity contribution in [3.8, 4) is 0 Å². The van der Waals surface area contributed by atoms with Gasteiger partial charge in [-0.2, -0.15) is 0 Å². The standard InChI is InChI=1S/C12H22/c1-8-7-9(2)11(10(8)3)12(4)5-6-12/h8-11H,5-7H2,1-4H3. The molecule has 0 aromatic rings. The highest BCUT2D eigenvalue weighted by atomic mass is 14.6. The van der Waals surface area contributed by atoms with Gasteiger partial charge in [0, 0.05) is 0 Å². The molecule has 2 aliphatic rings. The Morgan fingerprint density at radius 3 is 1.92 bits per heavy atom. The molecular weight excluding hydrogens is 144 g/mol. The van der Waals surface area contributed by atoms with E-state index in [2.05, 4.69) is 27.7 Å². The lowest BCUT2D eigenvalue weighted by atomic mass is 9.78. The lowest BCUT2D eigenvalue weighted by Crippen LogP contribution is -2.21. The van der Waals surface area contributed by atoms with Gasteiger partial charge >= 0.3 is 0 Å². The topological polar surface area (TPSA) is 0 Å². The molecule has 4 unspecified atom stereocenters. The second kappa shape index (κ2) is 2.49. The largest absolute Gasteiger partial charge is 0.0622 e. The van der Waals surface area contributed by atoms with Crippen molar-refractivity contribution in [3.63, 3.8) is 0 Å². The van der Waals surface area contributed by atoms with E-state index in [1.54, 1.807) is 0 Å². The van der Waals surface area contributed by atoms with Crippen LogP contribution in [0, 0.1) is 29.1 Å². The van der Waals surface area contributed by atoms with Gasteiger partial charge in [0.1, 0.15) is 0 Å². The van der Waals surface area contributed by atoms with Crippen LogP contribution in [0.2, 0.25) is 0 Å². The molecule has 0 aromatic carbocycles. The van der Waals surface area contributed by atoms with E-state index < -0.39 is 0 Å². The Hall–Kier alpha value is 0. The average Bonchev–Trinajstić information content (AvgIpc) is 2.62. The molecule has 0 amide bonds.